The van der Waals surface area contributed by atoms with Crippen LogP contribution >= 0.6 is 15.9 Å². The Morgan fingerprint density at radius 2 is 1.93 bits per heavy atom. The average Bonchev–Trinajstić information content (AvgIpc) is 1.99. The first-order valence-corrected chi connectivity index (χ1v) is 4.27. The summed E-state index contributed by atoms with van der Waals surface area (Å²) in [4.78, 5) is 10.4. The molecule has 0 fully saturated rings. The zero-order valence-corrected chi connectivity index (χ0v) is 8.32. The van der Waals surface area contributed by atoms with Gasteiger partial charge in [0.1, 0.15) is 0 Å². The Morgan fingerprint density at radius 3 is 2.36 bits per heavy atom. The third-order valence-corrected chi connectivity index (χ3v) is 2.03. The van der Waals surface area contributed by atoms with E-state index in [2.05, 4.69) is 15.9 Å². The first kappa shape index (κ1) is 11.0. The van der Waals surface area contributed by atoms with E-state index in [4.69, 9.17) is 5.73 Å². The molecule has 0 saturated heterocycles. The van der Waals surface area contributed by atoms with Crippen LogP contribution in [0.1, 0.15) is 15.9 Å². The van der Waals surface area contributed by atoms with Crippen LogP contribution < -0.4 is 5.73 Å². The van der Waals surface area contributed by atoms with E-state index in [1.54, 1.807) is 0 Å². The van der Waals surface area contributed by atoms with Gasteiger partial charge in [-0.1, -0.05) is 15.9 Å². The van der Waals surface area contributed by atoms with Crippen LogP contribution in [0.4, 0.5) is 18.9 Å². The van der Waals surface area contributed by atoms with Crippen molar-refractivity contribution >= 4 is 27.9 Å². The maximum Gasteiger partial charge on any atom is 0.419 e. The predicted octanol–water partition coefficient (Wildman–Crippen LogP) is 2.86. The molecular weight excluding hydrogens is 263 g/mol. The largest absolute Gasteiger partial charge is 0.419 e. The lowest BCUT2D eigenvalue weighted by molar-refractivity contribution is -0.137. The maximum atomic E-state index is 12.4. The lowest BCUT2D eigenvalue weighted by Crippen LogP contribution is -2.12. The van der Waals surface area contributed by atoms with E-state index >= 15 is 0 Å². The minimum absolute atomic E-state index is 0.129. The highest BCUT2D eigenvalue weighted by Crippen LogP contribution is 2.37. The summed E-state index contributed by atoms with van der Waals surface area (Å²) in [7, 11) is 0. The molecule has 6 heteroatoms. The molecule has 1 rings (SSSR count). The number of benzene rings is 1. The molecule has 14 heavy (non-hydrogen) atoms. The standard InChI is InChI=1S/C8H5BrF3NO/c9-5-1-4(3-14)7(6(13)2-5)8(10,11)12/h1-3H,13H2. The van der Waals surface area contributed by atoms with E-state index in [0.29, 0.717) is 4.47 Å². The first-order valence-electron chi connectivity index (χ1n) is 3.47. The SMILES string of the molecule is Nc1cc(Br)cc(C=O)c1C(F)(F)F. The van der Waals surface area contributed by atoms with Gasteiger partial charge in [0.25, 0.3) is 0 Å². The Morgan fingerprint density at radius 1 is 1.36 bits per heavy atom. The molecule has 76 valence electrons. The summed E-state index contributed by atoms with van der Waals surface area (Å²) in [5, 5.41) is 0. The molecule has 1 aromatic rings. The Kier molecular flexibility index (Phi) is 2.84. The lowest BCUT2D eigenvalue weighted by Gasteiger charge is -2.12. The van der Waals surface area contributed by atoms with E-state index in [-0.39, 0.29) is 6.29 Å². The van der Waals surface area contributed by atoms with Crippen molar-refractivity contribution in [3.63, 3.8) is 0 Å². The second-order valence-corrected chi connectivity index (χ2v) is 3.49. The molecule has 2 N–H and O–H groups in total. The third kappa shape index (κ3) is 2.06. The van der Waals surface area contributed by atoms with E-state index in [0.717, 1.165) is 12.1 Å². The van der Waals surface area contributed by atoms with E-state index in [1.165, 1.54) is 0 Å². The monoisotopic (exact) mass is 267 g/mol. The number of nitrogens with two attached hydrogens (primary N) is 1. The highest BCUT2D eigenvalue weighted by atomic mass is 79.9. The number of aldehydes is 1. The Hall–Kier alpha value is -1.04. The molecule has 0 saturated carbocycles. The number of hydrogen-bond acceptors (Lipinski definition) is 2. The highest BCUT2D eigenvalue weighted by Gasteiger charge is 2.35. The molecule has 0 aliphatic rings. The molecule has 0 unspecified atom stereocenters. The summed E-state index contributed by atoms with van der Waals surface area (Å²) < 4.78 is 37.5. The minimum Gasteiger partial charge on any atom is -0.398 e. The fraction of sp³-hybridized carbons (Fsp3) is 0.125. The van der Waals surface area contributed by atoms with Gasteiger partial charge < -0.3 is 5.73 Å². The van der Waals surface area contributed by atoms with Gasteiger partial charge in [-0.2, -0.15) is 13.2 Å². The van der Waals surface area contributed by atoms with Crippen LogP contribution in [0.2, 0.25) is 0 Å². The van der Waals surface area contributed by atoms with Crippen molar-refractivity contribution in [1.29, 1.82) is 0 Å². The summed E-state index contributed by atoms with van der Waals surface area (Å²) in [6.45, 7) is 0. The van der Waals surface area contributed by atoms with Crippen molar-refractivity contribution in [3.05, 3.63) is 27.7 Å². The third-order valence-electron chi connectivity index (χ3n) is 1.57. The Balaban J connectivity index is 3.48. The molecule has 1 aromatic carbocycles. The van der Waals surface area contributed by atoms with Gasteiger partial charge in [0.15, 0.2) is 6.29 Å². The fourth-order valence-electron chi connectivity index (χ4n) is 1.07. The van der Waals surface area contributed by atoms with Gasteiger partial charge in [0, 0.05) is 15.7 Å². The summed E-state index contributed by atoms with van der Waals surface area (Å²) in [5.41, 5.74) is 3.16. The summed E-state index contributed by atoms with van der Waals surface area (Å²) in [6, 6.07) is 2.18. The molecule has 0 amide bonds. The number of carbonyl (C=O) groups excluding carboxylic acids is 1. The number of alkyl halides is 3. The highest BCUT2D eigenvalue weighted by molar-refractivity contribution is 9.10. The number of rotatable bonds is 1. The van der Waals surface area contributed by atoms with Gasteiger partial charge in [-0.05, 0) is 12.1 Å². The van der Waals surface area contributed by atoms with Gasteiger partial charge in [0.05, 0.1) is 5.56 Å². The van der Waals surface area contributed by atoms with Crippen LogP contribution in [0, 0.1) is 0 Å². The van der Waals surface area contributed by atoms with Gasteiger partial charge in [0.2, 0.25) is 0 Å². The zero-order valence-electron chi connectivity index (χ0n) is 6.73. The number of nitrogen functional groups attached to an aromatic ring is 1. The normalized spacial score (nSPS) is 11.4. The van der Waals surface area contributed by atoms with Crippen LogP contribution in [0.15, 0.2) is 16.6 Å². The van der Waals surface area contributed by atoms with Crippen LogP contribution in [-0.2, 0) is 6.18 Å². The van der Waals surface area contributed by atoms with Gasteiger partial charge >= 0.3 is 6.18 Å². The van der Waals surface area contributed by atoms with Crippen LogP contribution in [0.5, 0.6) is 0 Å². The fourth-order valence-corrected chi connectivity index (χ4v) is 1.56. The van der Waals surface area contributed by atoms with Crippen molar-refractivity contribution in [2.24, 2.45) is 0 Å². The van der Waals surface area contributed by atoms with Crippen molar-refractivity contribution in [3.8, 4) is 0 Å². The maximum absolute atomic E-state index is 12.4. The Bertz CT molecular complexity index is 376. The first-order chi connectivity index (χ1) is 6.36. The molecule has 2 nitrogen and oxygen atoms in total. The lowest BCUT2D eigenvalue weighted by atomic mass is 10.1. The van der Waals surface area contributed by atoms with Crippen LogP contribution in [0.25, 0.3) is 0 Å². The average molecular weight is 268 g/mol. The summed E-state index contributed by atoms with van der Waals surface area (Å²) in [6.07, 6.45) is -4.48. The molecular formula is C8H5BrF3NO. The molecule has 0 bridgehead atoms. The van der Waals surface area contributed by atoms with Gasteiger partial charge in [-0.25, -0.2) is 0 Å². The molecule has 0 aromatic heterocycles. The van der Waals surface area contributed by atoms with Gasteiger partial charge in [-0.15, -0.1) is 0 Å². The summed E-state index contributed by atoms with van der Waals surface area (Å²) in [5.74, 6) is 0. The van der Waals surface area contributed by atoms with Crippen molar-refractivity contribution in [1.82, 2.24) is 0 Å². The molecule has 0 radical (unpaired) electrons. The smallest absolute Gasteiger partial charge is 0.398 e. The summed E-state index contributed by atoms with van der Waals surface area (Å²) >= 11 is 2.95. The topological polar surface area (TPSA) is 43.1 Å². The van der Waals surface area contributed by atoms with E-state index < -0.39 is 23.0 Å². The molecule has 0 heterocycles. The van der Waals surface area contributed by atoms with Crippen molar-refractivity contribution in [2.75, 3.05) is 5.73 Å². The number of hydrogen-bond donors (Lipinski definition) is 1. The zero-order chi connectivity index (χ0) is 10.9. The van der Waals surface area contributed by atoms with E-state index in [9.17, 15) is 18.0 Å². The van der Waals surface area contributed by atoms with E-state index in [1.807, 2.05) is 0 Å². The van der Waals surface area contributed by atoms with Crippen LogP contribution in [-0.4, -0.2) is 6.29 Å². The second kappa shape index (κ2) is 3.61. The quantitative estimate of drug-likeness (QED) is 0.628. The predicted molar refractivity (Wildman–Crippen MR) is 48.9 cm³/mol. The Labute approximate surface area is 86.0 Å². The van der Waals surface area contributed by atoms with Gasteiger partial charge in [-0.3, -0.25) is 4.79 Å². The minimum atomic E-state index is -4.61. The van der Waals surface area contributed by atoms with Crippen molar-refractivity contribution < 1.29 is 18.0 Å². The molecule has 0 aliphatic carbocycles. The number of halogens is 4. The van der Waals surface area contributed by atoms with Crippen LogP contribution in [0.3, 0.4) is 0 Å². The second-order valence-electron chi connectivity index (χ2n) is 2.57. The number of carbonyl (C=O) groups is 1. The molecule has 0 spiro atoms. The van der Waals surface area contributed by atoms with Crippen molar-refractivity contribution in [2.45, 2.75) is 6.18 Å². The molecule has 0 atom stereocenters. The molecule has 0 aliphatic heterocycles. The number of anilines is 1.